The molecule has 5 nitrogen and oxygen atoms in total. The molecule has 5 heteroatoms. The van der Waals surface area contributed by atoms with Gasteiger partial charge < -0.3 is 4.42 Å². The average Bonchev–Trinajstić information content (AvgIpc) is 2.78. The molecular formula is C13H12N2O3. The fourth-order valence-electron chi connectivity index (χ4n) is 1.68. The van der Waals surface area contributed by atoms with Crippen molar-refractivity contribution in [3.8, 4) is 11.5 Å². The van der Waals surface area contributed by atoms with Crippen LogP contribution in [-0.2, 0) is 9.59 Å². The van der Waals surface area contributed by atoms with Crippen molar-refractivity contribution in [1.29, 1.82) is 0 Å². The third kappa shape index (κ3) is 2.34. The van der Waals surface area contributed by atoms with Gasteiger partial charge in [0.15, 0.2) is 5.92 Å². The monoisotopic (exact) mass is 244 g/mol. The highest BCUT2D eigenvalue weighted by Gasteiger charge is 2.27. The SMILES string of the molecule is CC(=O)C(C(C)=O)c1nnc(-c2ccccc2)o1. The number of hydrogen-bond acceptors (Lipinski definition) is 5. The van der Waals surface area contributed by atoms with Crippen LogP contribution in [0.15, 0.2) is 34.7 Å². The number of rotatable bonds is 4. The second kappa shape index (κ2) is 4.91. The van der Waals surface area contributed by atoms with Crippen molar-refractivity contribution < 1.29 is 14.0 Å². The summed E-state index contributed by atoms with van der Waals surface area (Å²) in [6.07, 6.45) is 0. The summed E-state index contributed by atoms with van der Waals surface area (Å²) in [7, 11) is 0. The maximum Gasteiger partial charge on any atom is 0.247 e. The van der Waals surface area contributed by atoms with Crippen molar-refractivity contribution in [3.63, 3.8) is 0 Å². The Morgan fingerprint density at radius 1 is 1.06 bits per heavy atom. The van der Waals surface area contributed by atoms with Gasteiger partial charge in [0.25, 0.3) is 0 Å². The summed E-state index contributed by atoms with van der Waals surface area (Å²) < 4.78 is 5.39. The molecule has 0 atom stereocenters. The molecule has 0 amide bonds. The van der Waals surface area contributed by atoms with Gasteiger partial charge in [0.2, 0.25) is 11.8 Å². The van der Waals surface area contributed by atoms with Crippen LogP contribution >= 0.6 is 0 Å². The lowest BCUT2D eigenvalue weighted by Gasteiger charge is -2.03. The molecule has 18 heavy (non-hydrogen) atoms. The number of hydrogen-bond donors (Lipinski definition) is 0. The van der Waals surface area contributed by atoms with Gasteiger partial charge in [0, 0.05) is 5.56 Å². The Morgan fingerprint density at radius 2 is 1.67 bits per heavy atom. The van der Waals surface area contributed by atoms with Gasteiger partial charge in [-0.05, 0) is 26.0 Å². The number of benzene rings is 1. The molecule has 0 saturated heterocycles. The first-order chi connectivity index (χ1) is 8.59. The van der Waals surface area contributed by atoms with E-state index >= 15 is 0 Å². The number of Topliss-reactive ketones (excluding diaryl/α,β-unsaturated/α-hetero) is 2. The Bertz CT molecular complexity index is 561. The zero-order valence-electron chi connectivity index (χ0n) is 10.1. The van der Waals surface area contributed by atoms with Crippen LogP contribution in [0.25, 0.3) is 11.5 Å². The third-order valence-electron chi connectivity index (χ3n) is 2.52. The zero-order valence-corrected chi connectivity index (χ0v) is 10.1. The topological polar surface area (TPSA) is 73.1 Å². The van der Waals surface area contributed by atoms with Crippen LogP contribution in [0.4, 0.5) is 0 Å². The van der Waals surface area contributed by atoms with E-state index in [0.29, 0.717) is 5.89 Å². The molecule has 0 aliphatic heterocycles. The molecule has 0 spiro atoms. The summed E-state index contributed by atoms with van der Waals surface area (Å²) in [6, 6.07) is 9.18. The van der Waals surface area contributed by atoms with E-state index in [-0.39, 0.29) is 17.5 Å². The summed E-state index contributed by atoms with van der Waals surface area (Å²) in [5, 5.41) is 7.63. The van der Waals surface area contributed by atoms with E-state index in [4.69, 9.17) is 4.42 Å². The van der Waals surface area contributed by atoms with E-state index in [1.165, 1.54) is 13.8 Å². The van der Waals surface area contributed by atoms with Crippen LogP contribution in [0, 0.1) is 0 Å². The van der Waals surface area contributed by atoms with Crippen molar-refractivity contribution in [1.82, 2.24) is 10.2 Å². The summed E-state index contributed by atoms with van der Waals surface area (Å²) in [6.45, 7) is 2.66. The number of aromatic nitrogens is 2. The highest BCUT2D eigenvalue weighted by molar-refractivity contribution is 6.04. The van der Waals surface area contributed by atoms with Gasteiger partial charge in [-0.25, -0.2) is 0 Å². The minimum Gasteiger partial charge on any atom is -0.419 e. The quantitative estimate of drug-likeness (QED) is 0.769. The maximum absolute atomic E-state index is 11.4. The predicted molar refractivity (Wildman–Crippen MR) is 63.8 cm³/mol. The van der Waals surface area contributed by atoms with Gasteiger partial charge in [-0.15, -0.1) is 10.2 Å². The molecule has 0 unspecified atom stereocenters. The number of ketones is 2. The number of carbonyl (C=O) groups is 2. The van der Waals surface area contributed by atoms with Crippen LogP contribution in [-0.4, -0.2) is 21.8 Å². The van der Waals surface area contributed by atoms with Crippen LogP contribution in [0.2, 0.25) is 0 Å². The molecule has 0 aliphatic rings. The highest BCUT2D eigenvalue weighted by Crippen LogP contribution is 2.22. The molecule has 1 heterocycles. The number of nitrogens with zero attached hydrogens (tertiary/aromatic N) is 2. The smallest absolute Gasteiger partial charge is 0.247 e. The normalized spacial score (nSPS) is 10.6. The lowest BCUT2D eigenvalue weighted by molar-refractivity contribution is -0.127. The molecule has 0 radical (unpaired) electrons. The summed E-state index contributed by atoms with van der Waals surface area (Å²) in [5.41, 5.74) is 0.752. The van der Waals surface area contributed by atoms with Gasteiger partial charge in [0.1, 0.15) is 11.6 Å². The van der Waals surface area contributed by atoms with Gasteiger partial charge >= 0.3 is 0 Å². The Balaban J connectivity index is 2.36. The molecule has 2 rings (SSSR count). The van der Waals surface area contributed by atoms with E-state index in [0.717, 1.165) is 5.56 Å². The van der Waals surface area contributed by atoms with E-state index in [2.05, 4.69) is 10.2 Å². The van der Waals surface area contributed by atoms with Gasteiger partial charge in [-0.3, -0.25) is 9.59 Å². The van der Waals surface area contributed by atoms with Crippen LogP contribution in [0.1, 0.15) is 25.7 Å². The van der Waals surface area contributed by atoms with Gasteiger partial charge in [-0.1, -0.05) is 18.2 Å². The molecule has 0 bridgehead atoms. The minimum absolute atomic E-state index is 0.0499. The highest BCUT2D eigenvalue weighted by atomic mass is 16.4. The first kappa shape index (κ1) is 12.2. The molecule has 1 aromatic heterocycles. The van der Waals surface area contributed by atoms with Crippen molar-refractivity contribution in [3.05, 3.63) is 36.2 Å². The Hall–Kier alpha value is -2.30. The molecular weight excluding hydrogens is 232 g/mol. The van der Waals surface area contributed by atoms with Gasteiger partial charge in [0.05, 0.1) is 0 Å². The largest absolute Gasteiger partial charge is 0.419 e. The summed E-state index contributed by atoms with van der Waals surface area (Å²) in [4.78, 5) is 22.8. The summed E-state index contributed by atoms with van der Waals surface area (Å²) >= 11 is 0. The molecule has 0 aliphatic carbocycles. The average molecular weight is 244 g/mol. The first-order valence-electron chi connectivity index (χ1n) is 5.49. The van der Waals surface area contributed by atoms with Crippen LogP contribution in [0.5, 0.6) is 0 Å². The molecule has 0 fully saturated rings. The Morgan fingerprint density at radius 3 is 2.22 bits per heavy atom. The minimum atomic E-state index is -0.963. The first-order valence-corrected chi connectivity index (χ1v) is 5.49. The second-order valence-corrected chi connectivity index (χ2v) is 3.97. The summed E-state index contributed by atoms with van der Waals surface area (Å²) in [5.74, 6) is -1.21. The zero-order chi connectivity index (χ0) is 13.1. The standard InChI is InChI=1S/C13H12N2O3/c1-8(16)11(9(2)17)13-15-14-12(18-13)10-6-4-3-5-7-10/h3-7,11H,1-2H3. The van der Waals surface area contributed by atoms with Crippen molar-refractivity contribution in [2.24, 2.45) is 0 Å². The van der Waals surface area contributed by atoms with Crippen molar-refractivity contribution in [2.75, 3.05) is 0 Å². The van der Waals surface area contributed by atoms with Crippen molar-refractivity contribution in [2.45, 2.75) is 19.8 Å². The second-order valence-electron chi connectivity index (χ2n) is 3.97. The van der Waals surface area contributed by atoms with Crippen LogP contribution in [0.3, 0.4) is 0 Å². The van der Waals surface area contributed by atoms with E-state index < -0.39 is 5.92 Å². The molecule has 92 valence electrons. The third-order valence-corrected chi connectivity index (χ3v) is 2.52. The van der Waals surface area contributed by atoms with E-state index in [1.54, 1.807) is 0 Å². The maximum atomic E-state index is 11.4. The fraction of sp³-hybridized carbons (Fsp3) is 0.231. The van der Waals surface area contributed by atoms with Crippen molar-refractivity contribution >= 4 is 11.6 Å². The van der Waals surface area contributed by atoms with Gasteiger partial charge in [-0.2, -0.15) is 0 Å². The Kier molecular flexibility index (Phi) is 3.32. The van der Waals surface area contributed by atoms with E-state index in [9.17, 15) is 9.59 Å². The van der Waals surface area contributed by atoms with E-state index in [1.807, 2.05) is 30.3 Å². The molecule has 2 aromatic rings. The molecule has 1 aromatic carbocycles. The molecule has 0 saturated carbocycles. The lowest BCUT2D eigenvalue weighted by Crippen LogP contribution is -2.17. The fourth-order valence-corrected chi connectivity index (χ4v) is 1.68. The molecule has 0 N–H and O–H groups in total. The Labute approximate surface area is 104 Å². The lowest BCUT2D eigenvalue weighted by atomic mass is 10.0. The number of carbonyl (C=O) groups excluding carboxylic acids is 2. The van der Waals surface area contributed by atoms with Crippen LogP contribution < -0.4 is 0 Å². The predicted octanol–water partition coefficient (Wildman–Crippen LogP) is 2.00.